The van der Waals surface area contributed by atoms with Crippen LogP contribution >= 0.6 is 23.4 Å². The lowest BCUT2D eigenvalue weighted by Crippen LogP contribution is -1.98. The first-order chi connectivity index (χ1) is 13.7. The summed E-state index contributed by atoms with van der Waals surface area (Å²) in [5.41, 5.74) is 0.676. The third kappa shape index (κ3) is 9.16. The van der Waals surface area contributed by atoms with Crippen LogP contribution in [-0.2, 0) is 0 Å². The molecule has 0 saturated heterocycles. The molecule has 0 amide bonds. The zero-order chi connectivity index (χ0) is 20.0. The van der Waals surface area contributed by atoms with Gasteiger partial charge in [0.05, 0.1) is 6.61 Å². The SMILES string of the molecule is CCCCCCCCCCCOc1ccc(C(=O)Sc2ccc(Cl)cc2)cc1. The molecule has 0 unspecified atom stereocenters. The van der Waals surface area contributed by atoms with Crippen molar-refractivity contribution in [2.24, 2.45) is 0 Å². The highest BCUT2D eigenvalue weighted by atomic mass is 35.5. The van der Waals surface area contributed by atoms with E-state index in [2.05, 4.69) is 6.92 Å². The van der Waals surface area contributed by atoms with Gasteiger partial charge in [0.15, 0.2) is 0 Å². The van der Waals surface area contributed by atoms with Crippen LogP contribution in [0.4, 0.5) is 0 Å². The molecule has 28 heavy (non-hydrogen) atoms. The van der Waals surface area contributed by atoms with Gasteiger partial charge in [-0.05, 0) is 66.7 Å². The van der Waals surface area contributed by atoms with Gasteiger partial charge >= 0.3 is 0 Å². The van der Waals surface area contributed by atoms with Gasteiger partial charge < -0.3 is 4.74 Å². The highest BCUT2D eigenvalue weighted by Crippen LogP contribution is 2.25. The van der Waals surface area contributed by atoms with Crippen LogP contribution in [-0.4, -0.2) is 11.7 Å². The number of thioether (sulfide) groups is 1. The zero-order valence-corrected chi connectivity index (χ0v) is 18.4. The van der Waals surface area contributed by atoms with Crippen molar-refractivity contribution in [1.82, 2.24) is 0 Å². The van der Waals surface area contributed by atoms with E-state index in [4.69, 9.17) is 16.3 Å². The molecule has 0 bridgehead atoms. The fourth-order valence-corrected chi connectivity index (χ4v) is 3.82. The Kier molecular flexibility index (Phi) is 11.2. The Balaban J connectivity index is 1.60. The van der Waals surface area contributed by atoms with Crippen molar-refractivity contribution >= 4 is 28.5 Å². The van der Waals surface area contributed by atoms with Gasteiger partial charge in [-0.3, -0.25) is 4.79 Å². The van der Waals surface area contributed by atoms with Crippen molar-refractivity contribution in [3.05, 3.63) is 59.1 Å². The summed E-state index contributed by atoms with van der Waals surface area (Å²) in [5.74, 6) is 0.826. The zero-order valence-electron chi connectivity index (χ0n) is 16.8. The van der Waals surface area contributed by atoms with Crippen LogP contribution in [0, 0.1) is 0 Å². The van der Waals surface area contributed by atoms with Gasteiger partial charge in [0.1, 0.15) is 5.75 Å². The van der Waals surface area contributed by atoms with Crippen molar-refractivity contribution in [1.29, 1.82) is 0 Å². The number of hydrogen-bond acceptors (Lipinski definition) is 3. The van der Waals surface area contributed by atoms with Crippen LogP contribution in [0.25, 0.3) is 0 Å². The summed E-state index contributed by atoms with van der Waals surface area (Å²) in [7, 11) is 0. The fourth-order valence-electron chi connectivity index (χ4n) is 2.96. The van der Waals surface area contributed by atoms with Gasteiger partial charge in [0.2, 0.25) is 5.12 Å². The number of carbonyl (C=O) groups excluding carboxylic acids is 1. The maximum absolute atomic E-state index is 12.3. The normalized spacial score (nSPS) is 10.8. The maximum atomic E-state index is 12.3. The Morgan fingerprint density at radius 2 is 1.39 bits per heavy atom. The summed E-state index contributed by atoms with van der Waals surface area (Å²) >= 11 is 7.08. The van der Waals surface area contributed by atoms with Crippen LogP contribution < -0.4 is 4.74 Å². The van der Waals surface area contributed by atoms with Crippen LogP contribution in [0.3, 0.4) is 0 Å². The average Bonchev–Trinajstić information content (AvgIpc) is 2.71. The van der Waals surface area contributed by atoms with Gasteiger partial charge in [-0.1, -0.05) is 69.9 Å². The Morgan fingerprint density at radius 1 is 0.821 bits per heavy atom. The molecule has 0 aliphatic carbocycles. The number of hydrogen-bond donors (Lipinski definition) is 0. The van der Waals surface area contributed by atoms with E-state index < -0.39 is 0 Å². The van der Waals surface area contributed by atoms with Crippen LogP contribution in [0.5, 0.6) is 5.75 Å². The highest BCUT2D eigenvalue weighted by Gasteiger charge is 2.08. The molecular formula is C24H31ClO2S. The molecule has 0 fully saturated rings. The average molecular weight is 419 g/mol. The molecular weight excluding hydrogens is 388 g/mol. The number of unbranched alkanes of at least 4 members (excludes halogenated alkanes) is 8. The summed E-state index contributed by atoms with van der Waals surface area (Å²) in [6, 6.07) is 14.7. The molecule has 0 radical (unpaired) electrons. The van der Waals surface area contributed by atoms with Crippen molar-refractivity contribution in [2.45, 2.75) is 69.6 Å². The van der Waals surface area contributed by atoms with E-state index in [-0.39, 0.29) is 5.12 Å². The monoisotopic (exact) mass is 418 g/mol. The Morgan fingerprint density at radius 3 is 2.00 bits per heavy atom. The lowest BCUT2D eigenvalue weighted by atomic mass is 10.1. The Hall–Kier alpha value is -1.45. The minimum absolute atomic E-state index is 0.0211. The van der Waals surface area contributed by atoms with Gasteiger partial charge in [-0.15, -0.1) is 0 Å². The number of benzene rings is 2. The summed E-state index contributed by atoms with van der Waals surface area (Å²) in [5, 5.41) is 0.693. The van der Waals surface area contributed by atoms with Crippen LogP contribution in [0.15, 0.2) is 53.4 Å². The molecule has 0 aliphatic heterocycles. The lowest BCUT2D eigenvalue weighted by Gasteiger charge is -2.07. The van der Waals surface area contributed by atoms with E-state index in [1.54, 1.807) is 12.1 Å². The maximum Gasteiger partial charge on any atom is 0.224 e. The molecule has 0 heterocycles. The minimum atomic E-state index is 0.0211. The first kappa shape index (κ1) is 22.8. The molecule has 2 nitrogen and oxygen atoms in total. The standard InChI is InChI=1S/C24H31ClO2S/c1-2-3-4-5-6-7-8-9-10-19-27-22-15-11-20(12-16-22)24(26)28-23-17-13-21(25)14-18-23/h11-18H,2-10,19H2,1H3. The van der Waals surface area contributed by atoms with E-state index >= 15 is 0 Å². The molecule has 0 N–H and O–H groups in total. The highest BCUT2D eigenvalue weighted by molar-refractivity contribution is 8.14. The quantitative estimate of drug-likeness (QED) is 0.242. The van der Waals surface area contributed by atoms with Crippen molar-refractivity contribution < 1.29 is 9.53 Å². The van der Waals surface area contributed by atoms with Crippen LogP contribution in [0.2, 0.25) is 5.02 Å². The first-order valence-corrected chi connectivity index (χ1v) is 11.6. The summed E-state index contributed by atoms with van der Waals surface area (Å²) < 4.78 is 5.80. The van der Waals surface area contributed by atoms with Crippen LogP contribution in [0.1, 0.15) is 75.1 Å². The second-order valence-electron chi connectivity index (χ2n) is 7.04. The molecule has 152 valence electrons. The summed E-state index contributed by atoms with van der Waals surface area (Å²) in [4.78, 5) is 13.2. The number of ether oxygens (including phenoxy) is 1. The topological polar surface area (TPSA) is 26.3 Å². The molecule has 0 saturated carbocycles. The van der Waals surface area contributed by atoms with E-state index in [9.17, 15) is 4.79 Å². The second-order valence-corrected chi connectivity index (χ2v) is 8.53. The minimum Gasteiger partial charge on any atom is -0.494 e. The van der Waals surface area contributed by atoms with E-state index in [1.165, 1.54) is 63.1 Å². The third-order valence-corrected chi connectivity index (χ3v) is 5.81. The van der Waals surface area contributed by atoms with Crippen molar-refractivity contribution in [2.75, 3.05) is 6.61 Å². The predicted molar refractivity (Wildman–Crippen MR) is 121 cm³/mol. The Bertz CT molecular complexity index is 683. The number of halogens is 1. The predicted octanol–water partition coefficient (Wildman–Crippen LogP) is 8.18. The molecule has 0 aromatic heterocycles. The van der Waals surface area contributed by atoms with Gasteiger partial charge in [-0.2, -0.15) is 0 Å². The van der Waals surface area contributed by atoms with E-state index in [0.29, 0.717) is 10.6 Å². The molecule has 0 atom stereocenters. The summed E-state index contributed by atoms with van der Waals surface area (Å²) in [6.07, 6.45) is 11.8. The molecule has 2 aromatic carbocycles. The molecule has 0 spiro atoms. The molecule has 0 aliphatic rings. The second kappa shape index (κ2) is 13.7. The third-order valence-electron chi connectivity index (χ3n) is 4.63. The van der Waals surface area contributed by atoms with E-state index in [1.807, 2.05) is 36.4 Å². The lowest BCUT2D eigenvalue weighted by molar-refractivity contribution is 0.108. The molecule has 2 aromatic rings. The summed E-state index contributed by atoms with van der Waals surface area (Å²) in [6.45, 7) is 2.99. The largest absolute Gasteiger partial charge is 0.494 e. The van der Waals surface area contributed by atoms with Gasteiger partial charge in [0.25, 0.3) is 0 Å². The van der Waals surface area contributed by atoms with Gasteiger partial charge in [0, 0.05) is 15.5 Å². The number of rotatable bonds is 13. The number of carbonyl (C=O) groups is 1. The molecule has 2 rings (SSSR count). The Labute approximate surface area is 179 Å². The molecule has 4 heteroatoms. The smallest absolute Gasteiger partial charge is 0.224 e. The van der Waals surface area contributed by atoms with E-state index in [0.717, 1.165) is 23.7 Å². The first-order valence-electron chi connectivity index (χ1n) is 10.4. The van der Waals surface area contributed by atoms with Gasteiger partial charge in [-0.25, -0.2) is 0 Å². The fraction of sp³-hybridized carbons (Fsp3) is 0.458. The van der Waals surface area contributed by atoms with Crippen molar-refractivity contribution in [3.8, 4) is 5.75 Å². The van der Waals surface area contributed by atoms with Crippen molar-refractivity contribution in [3.63, 3.8) is 0 Å².